The molecule has 0 spiro atoms. The SMILES string of the molecule is CC1CN(c2c(F)cc3c(=O)c(C(=O)O)cn(-c4ccccc4)c3c2F)CCN1. The van der Waals surface area contributed by atoms with E-state index >= 15 is 4.39 Å². The molecule has 6 nitrogen and oxygen atoms in total. The number of para-hydroxylation sites is 1. The molecule has 0 bridgehead atoms. The normalized spacial score (nSPS) is 16.9. The Labute approximate surface area is 165 Å². The van der Waals surface area contributed by atoms with Crippen LogP contribution in [0.5, 0.6) is 0 Å². The minimum absolute atomic E-state index is 0.0453. The van der Waals surface area contributed by atoms with Gasteiger partial charge in [-0.3, -0.25) is 4.79 Å². The summed E-state index contributed by atoms with van der Waals surface area (Å²) in [5.41, 5.74) is -1.36. The highest BCUT2D eigenvalue weighted by atomic mass is 19.1. The molecule has 0 aliphatic carbocycles. The van der Waals surface area contributed by atoms with E-state index < -0.39 is 28.6 Å². The number of benzene rings is 2. The van der Waals surface area contributed by atoms with Crippen LogP contribution < -0.4 is 15.6 Å². The summed E-state index contributed by atoms with van der Waals surface area (Å²) in [5, 5.41) is 12.3. The highest BCUT2D eigenvalue weighted by Crippen LogP contribution is 2.32. The summed E-state index contributed by atoms with van der Waals surface area (Å²) >= 11 is 0. The van der Waals surface area contributed by atoms with Crippen LogP contribution in [-0.4, -0.2) is 41.3 Å². The monoisotopic (exact) mass is 399 g/mol. The standard InChI is InChI=1S/C21H19F2N3O3/c1-12-10-25(8-7-24-12)19-16(22)9-14-18(17(19)23)26(13-5-3-2-4-6-13)11-15(20(14)27)21(28)29/h2-6,9,11-12,24H,7-8,10H2,1H3,(H,28,29). The Kier molecular flexibility index (Phi) is 4.79. The number of pyridine rings is 1. The Morgan fingerprint density at radius 3 is 2.62 bits per heavy atom. The van der Waals surface area contributed by atoms with E-state index in [4.69, 9.17) is 0 Å². The van der Waals surface area contributed by atoms with Crippen molar-refractivity contribution in [2.45, 2.75) is 13.0 Å². The van der Waals surface area contributed by atoms with Gasteiger partial charge in [0.2, 0.25) is 5.43 Å². The van der Waals surface area contributed by atoms with E-state index in [-0.39, 0.29) is 22.6 Å². The number of piperazine rings is 1. The van der Waals surface area contributed by atoms with Crippen molar-refractivity contribution in [1.82, 2.24) is 9.88 Å². The van der Waals surface area contributed by atoms with Gasteiger partial charge in [0, 0.05) is 37.6 Å². The predicted octanol–water partition coefficient (Wildman–Crippen LogP) is 2.77. The van der Waals surface area contributed by atoms with Crippen LogP contribution >= 0.6 is 0 Å². The third kappa shape index (κ3) is 3.25. The fourth-order valence-electron chi connectivity index (χ4n) is 3.77. The maximum Gasteiger partial charge on any atom is 0.341 e. The number of hydrogen-bond acceptors (Lipinski definition) is 4. The van der Waals surface area contributed by atoms with Gasteiger partial charge < -0.3 is 19.9 Å². The first kappa shape index (κ1) is 19.1. The summed E-state index contributed by atoms with van der Waals surface area (Å²) in [6.07, 6.45) is 1.09. The van der Waals surface area contributed by atoms with Crippen molar-refractivity contribution in [3.8, 4) is 5.69 Å². The lowest BCUT2D eigenvalue weighted by Gasteiger charge is -2.34. The minimum Gasteiger partial charge on any atom is -0.477 e. The van der Waals surface area contributed by atoms with Gasteiger partial charge in [0.1, 0.15) is 17.1 Å². The van der Waals surface area contributed by atoms with Gasteiger partial charge in [-0.2, -0.15) is 0 Å². The van der Waals surface area contributed by atoms with Crippen molar-refractivity contribution in [2.75, 3.05) is 24.5 Å². The number of anilines is 1. The number of nitrogens with one attached hydrogen (secondary N) is 1. The molecule has 0 amide bonds. The molecular formula is C21H19F2N3O3. The molecular weight excluding hydrogens is 380 g/mol. The molecule has 1 aromatic heterocycles. The Hall–Kier alpha value is -3.26. The van der Waals surface area contributed by atoms with Gasteiger partial charge in [0.15, 0.2) is 5.82 Å². The van der Waals surface area contributed by atoms with Gasteiger partial charge in [-0.05, 0) is 25.1 Å². The van der Waals surface area contributed by atoms with E-state index in [9.17, 15) is 19.1 Å². The van der Waals surface area contributed by atoms with E-state index in [0.29, 0.717) is 25.3 Å². The number of aromatic carboxylic acids is 1. The Morgan fingerprint density at radius 2 is 1.97 bits per heavy atom. The first-order valence-corrected chi connectivity index (χ1v) is 9.23. The Morgan fingerprint density at radius 1 is 1.24 bits per heavy atom. The van der Waals surface area contributed by atoms with Crippen LogP contribution in [0.3, 0.4) is 0 Å². The highest BCUT2D eigenvalue weighted by Gasteiger charge is 2.27. The van der Waals surface area contributed by atoms with Crippen molar-refractivity contribution < 1.29 is 18.7 Å². The third-order valence-electron chi connectivity index (χ3n) is 5.11. The number of hydrogen-bond donors (Lipinski definition) is 2. The maximum atomic E-state index is 15.7. The van der Waals surface area contributed by atoms with Gasteiger partial charge in [0.25, 0.3) is 0 Å². The number of rotatable bonds is 3. The smallest absolute Gasteiger partial charge is 0.341 e. The maximum absolute atomic E-state index is 15.7. The largest absolute Gasteiger partial charge is 0.477 e. The third-order valence-corrected chi connectivity index (χ3v) is 5.11. The van der Waals surface area contributed by atoms with Crippen LogP contribution in [0.25, 0.3) is 16.6 Å². The van der Waals surface area contributed by atoms with Crippen LogP contribution in [0.1, 0.15) is 17.3 Å². The quantitative estimate of drug-likeness (QED) is 0.709. The van der Waals surface area contributed by atoms with E-state index in [1.54, 1.807) is 35.2 Å². The number of carboxylic acids is 1. The molecule has 3 aromatic rings. The lowest BCUT2D eigenvalue weighted by Crippen LogP contribution is -2.49. The topological polar surface area (TPSA) is 74.6 Å². The Balaban J connectivity index is 2.07. The number of carboxylic acid groups (broad SMARTS) is 1. The molecule has 1 aliphatic heterocycles. The number of fused-ring (bicyclic) bond motifs is 1. The number of carbonyl (C=O) groups is 1. The summed E-state index contributed by atoms with van der Waals surface area (Å²) in [6.45, 7) is 3.30. The summed E-state index contributed by atoms with van der Waals surface area (Å²) in [4.78, 5) is 25.8. The second-order valence-corrected chi connectivity index (χ2v) is 7.10. The van der Waals surface area contributed by atoms with Gasteiger partial charge in [-0.1, -0.05) is 18.2 Å². The van der Waals surface area contributed by atoms with Gasteiger partial charge in [-0.25, -0.2) is 13.6 Å². The first-order valence-electron chi connectivity index (χ1n) is 9.23. The molecule has 4 rings (SSSR count). The zero-order chi connectivity index (χ0) is 20.7. The van der Waals surface area contributed by atoms with Crippen molar-refractivity contribution in [3.05, 3.63) is 70.0 Å². The van der Waals surface area contributed by atoms with Crippen molar-refractivity contribution in [3.63, 3.8) is 0 Å². The van der Waals surface area contributed by atoms with Gasteiger partial charge in [0.05, 0.1) is 10.9 Å². The molecule has 1 unspecified atom stereocenters. The van der Waals surface area contributed by atoms with Gasteiger partial charge >= 0.3 is 5.97 Å². The van der Waals surface area contributed by atoms with Crippen molar-refractivity contribution in [1.29, 1.82) is 0 Å². The predicted molar refractivity (Wildman–Crippen MR) is 106 cm³/mol. The van der Waals surface area contributed by atoms with Crippen molar-refractivity contribution >= 4 is 22.6 Å². The molecule has 1 atom stereocenters. The lowest BCUT2D eigenvalue weighted by molar-refractivity contribution is 0.0695. The van der Waals surface area contributed by atoms with Gasteiger partial charge in [-0.15, -0.1) is 0 Å². The van der Waals surface area contributed by atoms with E-state index in [1.165, 1.54) is 4.57 Å². The second kappa shape index (κ2) is 7.29. The van der Waals surface area contributed by atoms with Crippen LogP contribution in [0, 0.1) is 11.6 Å². The number of halogens is 2. The van der Waals surface area contributed by atoms with E-state index in [2.05, 4.69) is 5.32 Å². The van der Waals surface area contributed by atoms with Crippen molar-refractivity contribution in [2.24, 2.45) is 0 Å². The van der Waals surface area contributed by atoms with Crippen LogP contribution in [0.2, 0.25) is 0 Å². The molecule has 150 valence electrons. The molecule has 0 saturated carbocycles. The van der Waals surface area contributed by atoms with Crippen LogP contribution in [0.4, 0.5) is 14.5 Å². The summed E-state index contributed by atoms with van der Waals surface area (Å²) < 4.78 is 31.9. The zero-order valence-electron chi connectivity index (χ0n) is 15.7. The minimum atomic E-state index is -1.46. The summed E-state index contributed by atoms with van der Waals surface area (Å²) in [5.74, 6) is -3.22. The Bertz CT molecular complexity index is 1160. The molecule has 2 N–H and O–H groups in total. The lowest BCUT2D eigenvalue weighted by atomic mass is 10.1. The highest BCUT2D eigenvalue weighted by molar-refractivity contribution is 5.94. The molecule has 29 heavy (non-hydrogen) atoms. The van der Waals surface area contributed by atoms with Crippen LogP contribution in [-0.2, 0) is 0 Å². The molecule has 2 heterocycles. The molecule has 2 aromatic carbocycles. The molecule has 8 heteroatoms. The van der Waals surface area contributed by atoms with E-state index in [1.807, 2.05) is 6.92 Å². The zero-order valence-corrected chi connectivity index (χ0v) is 15.7. The molecule has 1 aliphatic rings. The van der Waals surface area contributed by atoms with Crippen LogP contribution in [0.15, 0.2) is 47.4 Å². The first-order chi connectivity index (χ1) is 13.9. The number of nitrogens with zero attached hydrogens (tertiary/aromatic N) is 2. The molecule has 0 radical (unpaired) electrons. The average Bonchev–Trinajstić information content (AvgIpc) is 2.69. The summed E-state index contributed by atoms with van der Waals surface area (Å²) in [7, 11) is 0. The second-order valence-electron chi connectivity index (χ2n) is 7.10. The van der Waals surface area contributed by atoms with E-state index in [0.717, 1.165) is 12.3 Å². The molecule has 1 saturated heterocycles. The fraction of sp³-hybridized carbons (Fsp3) is 0.238. The summed E-state index contributed by atoms with van der Waals surface area (Å²) in [6, 6.07) is 9.48. The average molecular weight is 399 g/mol. The molecule has 1 fully saturated rings. The number of aromatic nitrogens is 1. The fourth-order valence-corrected chi connectivity index (χ4v) is 3.77.